The van der Waals surface area contributed by atoms with Gasteiger partial charge in [-0.25, -0.2) is 4.98 Å². The molecule has 20 heavy (non-hydrogen) atoms. The van der Waals surface area contributed by atoms with Crippen molar-refractivity contribution in [3.8, 4) is 5.88 Å². The number of nitrogen functional groups attached to an aromatic ring is 1. The summed E-state index contributed by atoms with van der Waals surface area (Å²) in [5.74, 6) is 2.19. The van der Waals surface area contributed by atoms with Crippen LogP contribution in [0.4, 0.5) is 11.5 Å². The quantitative estimate of drug-likeness (QED) is 0.676. The van der Waals surface area contributed by atoms with Crippen molar-refractivity contribution >= 4 is 11.5 Å². The van der Waals surface area contributed by atoms with Crippen molar-refractivity contribution in [2.75, 3.05) is 24.2 Å². The second kappa shape index (κ2) is 8.61. The van der Waals surface area contributed by atoms with Gasteiger partial charge in [0.25, 0.3) is 0 Å². The summed E-state index contributed by atoms with van der Waals surface area (Å²) < 4.78 is 5.50. The summed E-state index contributed by atoms with van der Waals surface area (Å²) in [5, 5.41) is 3.31. The summed E-state index contributed by atoms with van der Waals surface area (Å²) in [5.41, 5.74) is 6.57. The van der Waals surface area contributed by atoms with Crippen molar-refractivity contribution in [2.24, 2.45) is 0 Å². The van der Waals surface area contributed by atoms with Crippen molar-refractivity contribution in [2.45, 2.75) is 59.3 Å². The number of ether oxygens (including phenoxy) is 1. The van der Waals surface area contributed by atoms with Crippen LogP contribution in [0.25, 0.3) is 0 Å². The average molecular weight is 280 g/mol. The first kappa shape index (κ1) is 16.5. The van der Waals surface area contributed by atoms with Crippen molar-refractivity contribution in [3.63, 3.8) is 0 Å². The zero-order valence-electron chi connectivity index (χ0n) is 13.2. The number of hydrogen-bond acceptors (Lipinski definition) is 5. The van der Waals surface area contributed by atoms with Crippen LogP contribution in [0.5, 0.6) is 5.88 Å². The van der Waals surface area contributed by atoms with Crippen LogP contribution >= 0.6 is 0 Å². The summed E-state index contributed by atoms with van der Waals surface area (Å²) >= 11 is 0. The predicted octanol–water partition coefficient (Wildman–Crippen LogP) is 3.57. The molecular formula is C15H28N4O. The second-order valence-electron chi connectivity index (χ2n) is 5.22. The van der Waals surface area contributed by atoms with Crippen molar-refractivity contribution < 1.29 is 4.74 Å². The molecule has 5 nitrogen and oxygen atoms in total. The molecule has 0 saturated heterocycles. The number of aromatic nitrogens is 2. The third-order valence-corrected chi connectivity index (χ3v) is 3.05. The molecule has 0 aliphatic heterocycles. The lowest BCUT2D eigenvalue weighted by Gasteiger charge is -2.14. The Morgan fingerprint density at radius 1 is 1.15 bits per heavy atom. The third kappa shape index (κ3) is 4.87. The van der Waals surface area contributed by atoms with E-state index in [0.717, 1.165) is 18.8 Å². The molecule has 114 valence electrons. The largest absolute Gasteiger partial charge is 0.476 e. The van der Waals surface area contributed by atoms with E-state index in [1.165, 1.54) is 19.3 Å². The summed E-state index contributed by atoms with van der Waals surface area (Å²) in [6, 6.07) is 0. The Kier molecular flexibility index (Phi) is 7.12. The average Bonchev–Trinajstić information content (AvgIpc) is 2.42. The highest BCUT2D eigenvalue weighted by atomic mass is 16.5. The number of rotatable bonds is 9. The molecule has 1 rings (SSSR count). The maximum atomic E-state index is 6.07. The first-order valence-electron chi connectivity index (χ1n) is 7.64. The molecule has 0 radical (unpaired) electrons. The smallest absolute Gasteiger partial charge is 0.242 e. The SMILES string of the molecule is CCCCCCNc1nc(C(C)C)nc(OCC)c1N. The molecule has 1 heterocycles. The van der Waals surface area contributed by atoms with Crippen LogP contribution < -0.4 is 15.8 Å². The molecule has 0 fully saturated rings. The van der Waals surface area contributed by atoms with E-state index in [1.807, 2.05) is 6.92 Å². The van der Waals surface area contributed by atoms with E-state index in [2.05, 4.69) is 36.1 Å². The van der Waals surface area contributed by atoms with Crippen LogP contribution in [0.1, 0.15) is 65.1 Å². The predicted molar refractivity (Wildman–Crippen MR) is 84.3 cm³/mol. The zero-order valence-corrected chi connectivity index (χ0v) is 13.2. The first-order chi connectivity index (χ1) is 9.60. The van der Waals surface area contributed by atoms with Gasteiger partial charge in [0.05, 0.1) is 6.61 Å². The molecule has 0 aliphatic carbocycles. The molecule has 0 spiro atoms. The van der Waals surface area contributed by atoms with Crippen LogP contribution in [0.15, 0.2) is 0 Å². The highest BCUT2D eigenvalue weighted by Crippen LogP contribution is 2.28. The van der Waals surface area contributed by atoms with Crippen molar-refractivity contribution in [1.29, 1.82) is 0 Å². The van der Waals surface area contributed by atoms with Gasteiger partial charge in [0, 0.05) is 12.5 Å². The van der Waals surface area contributed by atoms with Gasteiger partial charge in [-0.05, 0) is 13.3 Å². The Labute approximate surface area is 122 Å². The molecule has 3 N–H and O–H groups in total. The molecule has 1 aromatic rings. The monoisotopic (exact) mass is 280 g/mol. The van der Waals surface area contributed by atoms with Gasteiger partial charge in [-0.3, -0.25) is 0 Å². The molecule has 0 amide bonds. The van der Waals surface area contributed by atoms with Crippen LogP contribution in [-0.4, -0.2) is 23.1 Å². The Bertz CT molecular complexity index is 407. The third-order valence-electron chi connectivity index (χ3n) is 3.05. The molecule has 1 aromatic heterocycles. The minimum absolute atomic E-state index is 0.246. The van der Waals surface area contributed by atoms with Gasteiger partial charge in [0.2, 0.25) is 5.88 Å². The van der Waals surface area contributed by atoms with Gasteiger partial charge in [-0.15, -0.1) is 0 Å². The summed E-state index contributed by atoms with van der Waals surface area (Å²) in [6.45, 7) is 9.69. The van der Waals surface area contributed by atoms with E-state index in [-0.39, 0.29) is 5.92 Å². The number of nitrogens with two attached hydrogens (primary N) is 1. The lowest BCUT2D eigenvalue weighted by molar-refractivity contribution is 0.326. The van der Waals surface area contributed by atoms with E-state index < -0.39 is 0 Å². The number of anilines is 2. The van der Waals surface area contributed by atoms with Crippen LogP contribution in [-0.2, 0) is 0 Å². The Hall–Kier alpha value is -1.52. The number of nitrogens with zero attached hydrogens (tertiary/aromatic N) is 2. The molecule has 0 unspecified atom stereocenters. The Morgan fingerprint density at radius 2 is 1.90 bits per heavy atom. The minimum atomic E-state index is 0.246. The molecule has 0 aromatic carbocycles. The fraction of sp³-hybridized carbons (Fsp3) is 0.733. The summed E-state index contributed by atoms with van der Waals surface area (Å²) in [7, 11) is 0. The number of hydrogen-bond donors (Lipinski definition) is 2. The van der Waals surface area contributed by atoms with E-state index >= 15 is 0 Å². The van der Waals surface area contributed by atoms with Crippen molar-refractivity contribution in [1.82, 2.24) is 9.97 Å². The van der Waals surface area contributed by atoms with Crippen LogP contribution in [0.3, 0.4) is 0 Å². The van der Waals surface area contributed by atoms with Gasteiger partial charge in [-0.2, -0.15) is 4.98 Å². The number of unbranched alkanes of at least 4 members (excludes halogenated alkanes) is 3. The van der Waals surface area contributed by atoms with E-state index in [4.69, 9.17) is 10.5 Å². The fourth-order valence-electron chi connectivity index (χ4n) is 1.86. The van der Waals surface area contributed by atoms with Crippen molar-refractivity contribution in [3.05, 3.63) is 5.82 Å². The molecule has 5 heteroatoms. The van der Waals surface area contributed by atoms with E-state index in [9.17, 15) is 0 Å². The van der Waals surface area contributed by atoms with E-state index in [1.54, 1.807) is 0 Å². The van der Waals surface area contributed by atoms with Crippen LogP contribution in [0.2, 0.25) is 0 Å². The lowest BCUT2D eigenvalue weighted by Crippen LogP contribution is -2.12. The highest BCUT2D eigenvalue weighted by molar-refractivity contribution is 5.67. The standard InChI is InChI=1S/C15H28N4O/c1-5-7-8-9-10-17-14-12(16)15(20-6-2)19-13(18-14)11(3)4/h11H,5-10,16H2,1-4H3,(H,17,18,19). The topological polar surface area (TPSA) is 73.1 Å². The van der Waals surface area contributed by atoms with Gasteiger partial charge in [0.1, 0.15) is 11.5 Å². The Balaban J connectivity index is 2.76. The summed E-state index contributed by atoms with van der Waals surface area (Å²) in [6.07, 6.45) is 4.85. The molecular weight excluding hydrogens is 252 g/mol. The minimum Gasteiger partial charge on any atom is -0.476 e. The fourth-order valence-corrected chi connectivity index (χ4v) is 1.86. The maximum absolute atomic E-state index is 6.07. The summed E-state index contributed by atoms with van der Waals surface area (Å²) in [4.78, 5) is 8.89. The number of nitrogens with one attached hydrogen (secondary N) is 1. The molecule has 0 aliphatic rings. The van der Waals surface area contributed by atoms with Gasteiger partial charge in [0.15, 0.2) is 5.82 Å². The lowest BCUT2D eigenvalue weighted by atomic mass is 10.2. The van der Waals surface area contributed by atoms with E-state index in [0.29, 0.717) is 24.0 Å². The van der Waals surface area contributed by atoms with Crippen LogP contribution in [0, 0.1) is 0 Å². The molecule has 0 atom stereocenters. The maximum Gasteiger partial charge on any atom is 0.242 e. The second-order valence-corrected chi connectivity index (χ2v) is 5.22. The Morgan fingerprint density at radius 3 is 2.50 bits per heavy atom. The first-order valence-corrected chi connectivity index (χ1v) is 7.64. The van der Waals surface area contributed by atoms with Gasteiger partial charge >= 0.3 is 0 Å². The highest BCUT2D eigenvalue weighted by Gasteiger charge is 2.14. The van der Waals surface area contributed by atoms with Gasteiger partial charge < -0.3 is 15.8 Å². The normalized spacial score (nSPS) is 10.8. The van der Waals surface area contributed by atoms with Gasteiger partial charge in [-0.1, -0.05) is 40.0 Å². The zero-order chi connectivity index (χ0) is 15.0. The molecule has 0 bridgehead atoms. The molecule has 0 saturated carbocycles.